The number of thioether (sulfide) groups is 1. The zero-order chi connectivity index (χ0) is 22.2. The van der Waals surface area contributed by atoms with Crippen LogP contribution in [0.4, 0.5) is 4.39 Å². The minimum atomic E-state index is -0.507. The monoisotopic (exact) mass is 487 g/mol. The Balaban J connectivity index is 1.75. The third-order valence-corrected chi connectivity index (χ3v) is 7.39. The van der Waals surface area contributed by atoms with Gasteiger partial charge in [0.25, 0.3) is 5.56 Å². The second kappa shape index (κ2) is 8.87. The van der Waals surface area contributed by atoms with Gasteiger partial charge in [0, 0.05) is 0 Å². The molecule has 0 bridgehead atoms. The minimum absolute atomic E-state index is 0.143. The predicted molar refractivity (Wildman–Crippen MR) is 126 cm³/mol. The van der Waals surface area contributed by atoms with Crippen LogP contribution in [0.25, 0.3) is 21.7 Å². The summed E-state index contributed by atoms with van der Waals surface area (Å²) >= 11 is 8.07. The fourth-order valence-electron chi connectivity index (χ4n) is 3.55. The molecule has 0 amide bonds. The van der Waals surface area contributed by atoms with Gasteiger partial charge in [0.1, 0.15) is 10.5 Å². The molecule has 0 saturated carbocycles. The van der Waals surface area contributed by atoms with Crippen LogP contribution in [0.3, 0.4) is 0 Å². The Kier molecular flexibility index (Phi) is 5.95. The normalized spacial score (nSPS) is 14.4. The van der Waals surface area contributed by atoms with Crippen molar-refractivity contribution < 1.29 is 13.9 Å². The molecule has 164 valence electrons. The van der Waals surface area contributed by atoms with Gasteiger partial charge in [0.2, 0.25) is 0 Å². The average molecular weight is 488 g/mol. The van der Waals surface area contributed by atoms with E-state index in [0.717, 1.165) is 11.3 Å². The molecular formula is C22H18FN3O3S3. The number of benzene rings is 2. The molecule has 2 aromatic heterocycles. The molecule has 0 radical (unpaired) electrons. The lowest BCUT2D eigenvalue weighted by Crippen LogP contribution is -2.23. The highest BCUT2D eigenvalue weighted by molar-refractivity contribution is 7.99. The molecule has 1 aliphatic rings. The van der Waals surface area contributed by atoms with E-state index in [1.54, 1.807) is 18.2 Å². The number of para-hydroxylation sites is 2. The number of hydrogen-bond donors (Lipinski definition) is 0. The number of hydrogen-bond acceptors (Lipinski definition) is 7. The summed E-state index contributed by atoms with van der Waals surface area (Å²) in [5.74, 6) is -0.0883. The molecule has 4 aromatic rings. The maximum Gasteiger partial charge on any atom is 0.278 e. The van der Waals surface area contributed by atoms with Crippen molar-refractivity contribution in [1.82, 2.24) is 14.1 Å². The lowest BCUT2D eigenvalue weighted by molar-refractivity contribution is -0.0215. The van der Waals surface area contributed by atoms with Crippen molar-refractivity contribution in [3.63, 3.8) is 0 Å². The number of thiazole rings is 1. The maximum absolute atomic E-state index is 14.7. The molecular weight excluding hydrogens is 469 g/mol. The molecule has 0 spiro atoms. The van der Waals surface area contributed by atoms with Crippen LogP contribution >= 0.6 is 35.3 Å². The van der Waals surface area contributed by atoms with E-state index in [1.165, 1.54) is 33.7 Å². The fourth-order valence-corrected chi connectivity index (χ4v) is 5.78. The highest BCUT2D eigenvalue weighted by Gasteiger charge is 2.23. The van der Waals surface area contributed by atoms with E-state index in [-0.39, 0.29) is 11.2 Å². The molecule has 1 fully saturated rings. The number of nitrogens with zero attached hydrogens (tertiary/aromatic N) is 3. The first-order valence-electron chi connectivity index (χ1n) is 9.90. The fraction of sp³-hybridized carbons (Fsp3) is 0.227. The largest absolute Gasteiger partial charge is 0.349 e. The Morgan fingerprint density at radius 3 is 2.53 bits per heavy atom. The molecule has 1 aliphatic heterocycles. The Bertz CT molecular complexity index is 1420. The van der Waals surface area contributed by atoms with Gasteiger partial charge in [-0.05, 0) is 42.9 Å². The zero-order valence-corrected chi connectivity index (χ0v) is 19.4. The van der Waals surface area contributed by atoms with Gasteiger partial charge < -0.3 is 9.47 Å². The standard InChI is InChI=1S/C22H18FN3O3S3/c1-13-6-2-4-8-15(13)25-19-18(32-22(25)30)20(27)26(16-9-5-3-7-14(16)23)21(24-19)31-12-17-28-10-11-29-17/h2-9,17H,10-12H2,1H3. The summed E-state index contributed by atoms with van der Waals surface area (Å²) in [6.45, 7) is 3.02. The lowest BCUT2D eigenvalue weighted by atomic mass is 10.2. The van der Waals surface area contributed by atoms with Crippen molar-refractivity contribution in [3.05, 3.63) is 74.2 Å². The van der Waals surface area contributed by atoms with E-state index in [2.05, 4.69) is 0 Å². The van der Waals surface area contributed by atoms with Crippen molar-refractivity contribution in [2.45, 2.75) is 18.4 Å². The van der Waals surface area contributed by atoms with Gasteiger partial charge in [-0.25, -0.2) is 9.37 Å². The van der Waals surface area contributed by atoms with Crippen LogP contribution < -0.4 is 5.56 Å². The third kappa shape index (κ3) is 3.82. The SMILES string of the molecule is Cc1ccccc1-n1c(=S)sc2c(=O)n(-c3ccccc3F)c(SCC3OCCO3)nc21. The number of halogens is 1. The average Bonchev–Trinajstić information content (AvgIpc) is 3.41. The first kappa shape index (κ1) is 21.5. The molecule has 2 aromatic carbocycles. The van der Waals surface area contributed by atoms with Crippen molar-refractivity contribution in [2.24, 2.45) is 0 Å². The molecule has 0 atom stereocenters. The highest BCUT2D eigenvalue weighted by atomic mass is 32.2. The molecule has 10 heteroatoms. The maximum atomic E-state index is 14.7. The quantitative estimate of drug-likeness (QED) is 0.227. The predicted octanol–water partition coefficient (Wildman–Crippen LogP) is 4.88. The van der Waals surface area contributed by atoms with Crippen molar-refractivity contribution in [3.8, 4) is 11.4 Å². The van der Waals surface area contributed by atoms with Gasteiger partial charge in [-0.15, -0.1) is 0 Å². The number of aryl methyl sites for hydroxylation is 1. The van der Waals surface area contributed by atoms with Gasteiger partial charge in [-0.1, -0.05) is 53.4 Å². The van der Waals surface area contributed by atoms with Crippen LogP contribution in [0.15, 0.2) is 58.5 Å². The molecule has 6 nitrogen and oxygen atoms in total. The first-order chi connectivity index (χ1) is 15.5. The third-order valence-electron chi connectivity index (χ3n) is 5.07. The summed E-state index contributed by atoms with van der Waals surface area (Å²) < 4.78 is 29.8. The van der Waals surface area contributed by atoms with Crippen LogP contribution in [0.5, 0.6) is 0 Å². The summed E-state index contributed by atoms with van der Waals surface area (Å²) in [7, 11) is 0. The molecule has 0 unspecified atom stereocenters. The molecule has 3 heterocycles. The number of aromatic nitrogens is 3. The van der Waals surface area contributed by atoms with E-state index < -0.39 is 12.1 Å². The first-order valence-corrected chi connectivity index (χ1v) is 12.1. The van der Waals surface area contributed by atoms with Crippen LogP contribution in [-0.4, -0.2) is 39.4 Å². The van der Waals surface area contributed by atoms with Gasteiger partial charge in [-0.3, -0.25) is 13.9 Å². The van der Waals surface area contributed by atoms with Gasteiger partial charge in [0.15, 0.2) is 21.0 Å². The summed E-state index contributed by atoms with van der Waals surface area (Å²) in [4.78, 5) is 18.4. The summed E-state index contributed by atoms with van der Waals surface area (Å²) in [6.07, 6.45) is -0.401. The van der Waals surface area contributed by atoms with Gasteiger partial charge >= 0.3 is 0 Å². The van der Waals surface area contributed by atoms with Crippen LogP contribution in [-0.2, 0) is 9.47 Å². The highest BCUT2D eigenvalue weighted by Crippen LogP contribution is 2.29. The van der Waals surface area contributed by atoms with Crippen molar-refractivity contribution in [1.29, 1.82) is 0 Å². The smallest absolute Gasteiger partial charge is 0.278 e. The summed E-state index contributed by atoms with van der Waals surface area (Å²) in [5, 5.41) is 0.349. The van der Waals surface area contributed by atoms with Crippen LogP contribution in [0.1, 0.15) is 5.56 Å². The molecule has 5 rings (SSSR count). The Hall–Kier alpha value is -2.37. The minimum Gasteiger partial charge on any atom is -0.349 e. The zero-order valence-electron chi connectivity index (χ0n) is 17.0. The molecule has 1 saturated heterocycles. The number of ether oxygens (including phenoxy) is 2. The second-order valence-corrected chi connectivity index (χ2v) is 9.74. The second-order valence-electron chi connectivity index (χ2n) is 7.11. The molecule has 0 aliphatic carbocycles. The summed E-state index contributed by atoms with van der Waals surface area (Å²) in [5.41, 5.74) is 2.11. The summed E-state index contributed by atoms with van der Waals surface area (Å²) in [6, 6.07) is 13.9. The van der Waals surface area contributed by atoms with Crippen molar-refractivity contribution in [2.75, 3.05) is 19.0 Å². The van der Waals surface area contributed by atoms with Crippen LogP contribution in [0, 0.1) is 16.7 Å². The van der Waals surface area contributed by atoms with E-state index in [4.69, 9.17) is 26.7 Å². The molecule has 0 N–H and O–H groups in total. The Morgan fingerprint density at radius 1 is 1.12 bits per heavy atom. The van der Waals surface area contributed by atoms with E-state index in [0.29, 0.717) is 38.4 Å². The van der Waals surface area contributed by atoms with E-state index >= 15 is 0 Å². The number of rotatable bonds is 5. The number of fused-ring (bicyclic) bond motifs is 1. The lowest BCUT2D eigenvalue weighted by Gasteiger charge is -2.15. The molecule has 32 heavy (non-hydrogen) atoms. The van der Waals surface area contributed by atoms with Crippen molar-refractivity contribution >= 4 is 45.7 Å². The Labute approximate surface area is 196 Å². The topological polar surface area (TPSA) is 58.3 Å². The van der Waals surface area contributed by atoms with E-state index in [1.807, 2.05) is 35.8 Å². The van der Waals surface area contributed by atoms with Gasteiger partial charge in [0.05, 0.1) is 30.3 Å². The van der Waals surface area contributed by atoms with Crippen LogP contribution in [0.2, 0.25) is 0 Å². The van der Waals surface area contributed by atoms with E-state index in [9.17, 15) is 9.18 Å². The van der Waals surface area contributed by atoms with Gasteiger partial charge in [-0.2, -0.15) is 0 Å². The Morgan fingerprint density at radius 2 is 1.81 bits per heavy atom.